The Balaban J connectivity index is 2.24. The molecular weight excluding hydrogens is 307 g/mol. The van der Waals surface area contributed by atoms with Crippen LogP contribution in [0, 0.1) is 0 Å². The van der Waals surface area contributed by atoms with Crippen LogP contribution in [0.5, 0.6) is 0 Å². The van der Waals surface area contributed by atoms with E-state index >= 15 is 0 Å². The molecule has 1 aromatic carbocycles. The van der Waals surface area contributed by atoms with Gasteiger partial charge in [-0.3, -0.25) is 0 Å². The highest BCUT2D eigenvalue weighted by atomic mass is 35.5. The number of rotatable bonds is 6. The molecule has 112 valence electrons. The summed E-state index contributed by atoms with van der Waals surface area (Å²) in [6.45, 7) is 3.02. The molecule has 0 aliphatic carbocycles. The van der Waals surface area contributed by atoms with E-state index in [2.05, 4.69) is 22.2 Å². The molecule has 4 nitrogen and oxygen atoms in total. The van der Waals surface area contributed by atoms with Gasteiger partial charge in [0.25, 0.3) is 0 Å². The van der Waals surface area contributed by atoms with Crippen molar-refractivity contribution in [3.63, 3.8) is 0 Å². The van der Waals surface area contributed by atoms with Gasteiger partial charge in [0.05, 0.1) is 15.7 Å². The molecule has 0 saturated carbocycles. The summed E-state index contributed by atoms with van der Waals surface area (Å²) in [4.78, 5) is 8.42. The lowest BCUT2D eigenvalue weighted by molar-refractivity contribution is 0.742. The summed E-state index contributed by atoms with van der Waals surface area (Å²) in [5, 5.41) is 4.21. The van der Waals surface area contributed by atoms with Gasteiger partial charge in [-0.05, 0) is 12.5 Å². The van der Waals surface area contributed by atoms with Gasteiger partial charge in [0.2, 0.25) is 5.95 Å². The minimum Gasteiger partial charge on any atom is -0.370 e. The molecule has 0 aliphatic heterocycles. The van der Waals surface area contributed by atoms with Crippen LogP contribution in [-0.2, 0) is 0 Å². The second kappa shape index (κ2) is 7.48. The van der Waals surface area contributed by atoms with E-state index < -0.39 is 0 Å². The van der Waals surface area contributed by atoms with E-state index in [-0.39, 0.29) is 5.95 Å². The van der Waals surface area contributed by atoms with Crippen LogP contribution in [0.1, 0.15) is 26.2 Å². The number of hydrogen-bond acceptors (Lipinski definition) is 4. The van der Waals surface area contributed by atoms with Crippen molar-refractivity contribution in [2.75, 3.05) is 17.6 Å². The zero-order valence-corrected chi connectivity index (χ0v) is 13.4. The number of anilines is 2. The van der Waals surface area contributed by atoms with Gasteiger partial charge < -0.3 is 11.1 Å². The molecule has 0 amide bonds. The van der Waals surface area contributed by atoms with Crippen molar-refractivity contribution in [2.45, 2.75) is 26.2 Å². The second-order valence-corrected chi connectivity index (χ2v) is 5.52. The SMILES string of the molecule is CCCCCNc1cc(-c2cccc(Cl)c2Cl)nc(N)n1. The zero-order valence-electron chi connectivity index (χ0n) is 11.9. The van der Waals surface area contributed by atoms with E-state index in [4.69, 9.17) is 28.9 Å². The molecule has 0 bridgehead atoms. The third-order valence-corrected chi connectivity index (χ3v) is 3.88. The molecule has 3 N–H and O–H groups in total. The molecule has 0 fully saturated rings. The number of halogens is 2. The van der Waals surface area contributed by atoms with Crippen LogP contribution in [0.2, 0.25) is 10.0 Å². The Labute approximate surface area is 134 Å². The molecule has 0 radical (unpaired) electrons. The Morgan fingerprint density at radius 3 is 2.76 bits per heavy atom. The minimum absolute atomic E-state index is 0.210. The quantitative estimate of drug-likeness (QED) is 0.760. The van der Waals surface area contributed by atoms with E-state index in [0.29, 0.717) is 21.6 Å². The van der Waals surface area contributed by atoms with Crippen LogP contribution in [0.15, 0.2) is 24.3 Å². The van der Waals surface area contributed by atoms with Crippen LogP contribution in [0.4, 0.5) is 11.8 Å². The van der Waals surface area contributed by atoms with Crippen molar-refractivity contribution in [3.05, 3.63) is 34.3 Å². The van der Waals surface area contributed by atoms with Gasteiger partial charge in [0, 0.05) is 18.2 Å². The zero-order chi connectivity index (χ0) is 15.2. The highest BCUT2D eigenvalue weighted by Gasteiger charge is 2.10. The summed E-state index contributed by atoms with van der Waals surface area (Å²) in [6.07, 6.45) is 3.45. The maximum absolute atomic E-state index is 6.22. The van der Waals surface area contributed by atoms with Gasteiger partial charge in [-0.15, -0.1) is 0 Å². The van der Waals surface area contributed by atoms with Crippen molar-refractivity contribution in [1.82, 2.24) is 9.97 Å². The van der Waals surface area contributed by atoms with Crippen LogP contribution < -0.4 is 11.1 Å². The Hall–Kier alpha value is -1.52. The highest BCUT2D eigenvalue weighted by molar-refractivity contribution is 6.43. The van der Waals surface area contributed by atoms with Crippen molar-refractivity contribution in [1.29, 1.82) is 0 Å². The van der Waals surface area contributed by atoms with Gasteiger partial charge in [-0.1, -0.05) is 55.1 Å². The second-order valence-electron chi connectivity index (χ2n) is 4.73. The lowest BCUT2D eigenvalue weighted by Gasteiger charge is -2.10. The third-order valence-electron chi connectivity index (χ3n) is 3.06. The Morgan fingerprint density at radius 1 is 1.19 bits per heavy atom. The van der Waals surface area contributed by atoms with Gasteiger partial charge in [-0.2, -0.15) is 4.98 Å². The van der Waals surface area contributed by atoms with Crippen molar-refractivity contribution < 1.29 is 0 Å². The number of hydrogen-bond donors (Lipinski definition) is 2. The molecule has 0 atom stereocenters. The summed E-state index contributed by atoms with van der Waals surface area (Å²) < 4.78 is 0. The van der Waals surface area contributed by atoms with Gasteiger partial charge >= 0.3 is 0 Å². The summed E-state index contributed by atoms with van der Waals surface area (Å²) in [7, 11) is 0. The average Bonchev–Trinajstić information content (AvgIpc) is 2.46. The lowest BCUT2D eigenvalue weighted by Crippen LogP contribution is -2.06. The largest absolute Gasteiger partial charge is 0.370 e. The number of aromatic nitrogens is 2. The Bertz CT molecular complexity index is 617. The van der Waals surface area contributed by atoms with E-state index in [0.717, 1.165) is 18.5 Å². The number of unbranched alkanes of at least 4 members (excludes halogenated alkanes) is 2. The monoisotopic (exact) mass is 324 g/mol. The summed E-state index contributed by atoms with van der Waals surface area (Å²) in [5.74, 6) is 0.908. The van der Waals surface area contributed by atoms with Crippen LogP contribution >= 0.6 is 23.2 Å². The minimum atomic E-state index is 0.210. The predicted octanol–water partition coefficient (Wildman–Crippen LogP) is 4.63. The fourth-order valence-corrected chi connectivity index (χ4v) is 2.38. The number of nitrogens with two attached hydrogens (primary N) is 1. The fourth-order valence-electron chi connectivity index (χ4n) is 1.99. The van der Waals surface area contributed by atoms with Gasteiger partial charge in [0.1, 0.15) is 5.82 Å². The van der Waals surface area contributed by atoms with E-state index in [9.17, 15) is 0 Å². The third kappa shape index (κ3) is 4.22. The van der Waals surface area contributed by atoms with E-state index in [1.54, 1.807) is 6.07 Å². The molecule has 0 spiro atoms. The van der Waals surface area contributed by atoms with Crippen LogP contribution in [0.25, 0.3) is 11.3 Å². The Kier molecular flexibility index (Phi) is 5.65. The van der Waals surface area contributed by atoms with Gasteiger partial charge in [0.15, 0.2) is 0 Å². The molecule has 0 unspecified atom stereocenters. The first-order valence-electron chi connectivity index (χ1n) is 6.94. The molecule has 21 heavy (non-hydrogen) atoms. The van der Waals surface area contributed by atoms with E-state index in [1.165, 1.54) is 12.8 Å². The first kappa shape index (κ1) is 15.9. The predicted molar refractivity (Wildman–Crippen MR) is 89.9 cm³/mol. The van der Waals surface area contributed by atoms with Crippen molar-refractivity contribution in [2.24, 2.45) is 0 Å². The highest BCUT2D eigenvalue weighted by Crippen LogP contribution is 2.33. The molecule has 1 aromatic heterocycles. The normalized spacial score (nSPS) is 10.6. The molecule has 1 heterocycles. The molecule has 6 heteroatoms. The maximum atomic E-state index is 6.22. The molecule has 0 aliphatic rings. The topological polar surface area (TPSA) is 63.8 Å². The Morgan fingerprint density at radius 2 is 2.00 bits per heavy atom. The summed E-state index contributed by atoms with van der Waals surface area (Å²) >= 11 is 12.3. The maximum Gasteiger partial charge on any atom is 0.222 e. The van der Waals surface area contributed by atoms with E-state index in [1.807, 2.05) is 18.2 Å². The average molecular weight is 325 g/mol. The van der Waals surface area contributed by atoms with Crippen molar-refractivity contribution >= 4 is 35.0 Å². The van der Waals surface area contributed by atoms with Crippen LogP contribution in [-0.4, -0.2) is 16.5 Å². The molecule has 2 aromatic rings. The number of nitrogen functional groups attached to an aromatic ring is 1. The lowest BCUT2D eigenvalue weighted by atomic mass is 10.1. The first-order chi connectivity index (χ1) is 10.1. The van der Waals surface area contributed by atoms with Crippen molar-refractivity contribution in [3.8, 4) is 11.3 Å². The molecule has 2 rings (SSSR count). The number of nitrogens with zero attached hydrogens (tertiary/aromatic N) is 2. The van der Waals surface area contributed by atoms with Crippen LogP contribution in [0.3, 0.4) is 0 Å². The summed E-state index contributed by atoms with van der Waals surface area (Å²) in [6, 6.07) is 7.26. The first-order valence-corrected chi connectivity index (χ1v) is 7.70. The molecular formula is C15H18Cl2N4. The number of benzene rings is 1. The fraction of sp³-hybridized carbons (Fsp3) is 0.333. The summed E-state index contributed by atoms with van der Waals surface area (Å²) in [5.41, 5.74) is 7.18. The smallest absolute Gasteiger partial charge is 0.222 e. The molecule has 0 saturated heterocycles. The number of nitrogens with one attached hydrogen (secondary N) is 1. The standard InChI is InChI=1S/C15H18Cl2N4/c1-2-3-4-8-19-13-9-12(20-15(18)21-13)10-6-5-7-11(16)14(10)17/h5-7,9H,2-4,8H2,1H3,(H3,18,19,20,21). The van der Waals surface area contributed by atoms with Gasteiger partial charge in [-0.25, -0.2) is 4.98 Å².